The summed E-state index contributed by atoms with van der Waals surface area (Å²) >= 11 is 0. The molecule has 0 atom stereocenters. The van der Waals surface area contributed by atoms with Gasteiger partial charge >= 0.3 is 0 Å². The van der Waals surface area contributed by atoms with Crippen molar-refractivity contribution in [1.82, 2.24) is 5.32 Å². The van der Waals surface area contributed by atoms with Crippen molar-refractivity contribution in [2.45, 2.75) is 25.6 Å². The topological polar surface area (TPSA) is 56.8 Å². The number of para-hydroxylation sites is 1. The zero-order chi connectivity index (χ0) is 14.3. The van der Waals surface area contributed by atoms with Crippen LogP contribution in [-0.4, -0.2) is 38.1 Å². The average Bonchev–Trinajstić information content (AvgIpc) is 2.47. The summed E-state index contributed by atoms with van der Waals surface area (Å²) in [6.07, 6.45) is 1.55. The molecule has 1 aromatic carbocycles. The van der Waals surface area contributed by atoms with E-state index in [0.717, 1.165) is 6.42 Å². The number of hydrogen-bond donors (Lipinski definition) is 1. The third kappa shape index (κ3) is 4.83. The molecule has 1 heterocycles. The molecule has 0 bridgehead atoms. The van der Waals surface area contributed by atoms with E-state index in [1.807, 2.05) is 37.3 Å². The lowest BCUT2D eigenvalue weighted by atomic mass is 10.2. The van der Waals surface area contributed by atoms with E-state index in [-0.39, 0.29) is 12.5 Å². The molecule has 1 aromatic rings. The highest BCUT2D eigenvalue weighted by Crippen LogP contribution is 2.21. The molecule has 2 rings (SSSR count). The number of hydrogen-bond acceptors (Lipinski definition) is 4. The van der Waals surface area contributed by atoms with E-state index in [0.29, 0.717) is 31.9 Å². The summed E-state index contributed by atoms with van der Waals surface area (Å²) in [4.78, 5) is 11.6. The van der Waals surface area contributed by atoms with Crippen LogP contribution >= 0.6 is 0 Å². The zero-order valence-corrected chi connectivity index (χ0v) is 11.8. The second kappa shape index (κ2) is 7.26. The Morgan fingerprint density at radius 1 is 1.30 bits per heavy atom. The minimum atomic E-state index is -0.578. The maximum absolute atomic E-state index is 11.6. The first-order chi connectivity index (χ1) is 9.68. The molecule has 1 aliphatic heterocycles. The lowest BCUT2D eigenvalue weighted by Crippen LogP contribution is -2.41. The second-order valence-electron chi connectivity index (χ2n) is 4.89. The van der Waals surface area contributed by atoms with E-state index in [4.69, 9.17) is 14.2 Å². The van der Waals surface area contributed by atoms with Gasteiger partial charge in [-0.3, -0.25) is 4.79 Å². The van der Waals surface area contributed by atoms with Gasteiger partial charge in [0, 0.05) is 13.0 Å². The van der Waals surface area contributed by atoms with Crippen LogP contribution in [0.1, 0.15) is 19.8 Å². The minimum absolute atomic E-state index is 0.0163. The van der Waals surface area contributed by atoms with Crippen molar-refractivity contribution >= 4 is 5.91 Å². The summed E-state index contributed by atoms with van der Waals surface area (Å²) in [5, 5.41) is 2.80. The van der Waals surface area contributed by atoms with Gasteiger partial charge in [-0.25, -0.2) is 0 Å². The van der Waals surface area contributed by atoms with Gasteiger partial charge in [0.05, 0.1) is 13.2 Å². The number of nitrogens with one attached hydrogen (secondary N) is 1. The third-order valence-electron chi connectivity index (χ3n) is 3.12. The zero-order valence-electron chi connectivity index (χ0n) is 11.8. The lowest BCUT2D eigenvalue weighted by Gasteiger charge is -2.33. The third-order valence-corrected chi connectivity index (χ3v) is 3.12. The Bertz CT molecular complexity index is 415. The predicted molar refractivity (Wildman–Crippen MR) is 74.5 cm³/mol. The van der Waals surface area contributed by atoms with Crippen LogP contribution in [0.15, 0.2) is 30.3 Å². The standard InChI is InChI=1S/C15H21NO4/c1-15(19-10-5-11-20-15)8-9-16-14(17)12-18-13-6-3-2-4-7-13/h2-4,6-7H,5,8-12H2,1H3,(H,16,17). The van der Waals surface area contributed by atoms with Crippen LogP contribution in [0, 0.1) is 0 Å². The molecule has 1 fully saturated rings. The van der Waals surface area contributed by atoms with Crippen LogP contribution < -0.4 is 10.1 Å². The minimum Gasteiger partial charge on any atom is -0.484 e. The van der Waals surface area contributed by atoms with Gasteiger partial charge in [-0.15, -0.1) is 0 Å². The van der Waals surface area contributed by atoms with Crippen molar-refractivity contribution in [1.29, 1.82) is 0 Å². The van der Waals surface area contributed by atoms with Gasteiger partial charge in [-0.1, -0.05) is 18.2 Å². The summed E-state index contributed by atoms with van der Waals surface area (Å²) in [5.74, 6) is -0.0342. The van der Waals surface area contributed by atoms with Crippen molar-refractivity contribution in [2.24, 2.45) is 0 Å². The molecule has 5 nitrogen and oxygen atoms in total. The second-order valence-corrected chi connectivity index (χ2v) is 4.89. The van der Waals surface area contributed by atoms with Gasteiger partial charge < -0.3 is 19.5 Å². The SMILES string of the molecule is CC1(CCNC(=O)COc2ccccc2)OCCCO1. The fourth-order valence-electron chi connectivity index (χ4n) is 1.97. The van der Waals surface area contributed by atoms with Crippen molar-refractivity contribution in [3.63, 3.8) is 0 Å². The first-order valence-electron chi connectivity index (χ1n) is 6.90. The van der Waals surface area contributed by atoms with E-state index in [1.54, 1.807) is 0 Å². The molecule has 1 amide bonds. The summed E-state index contributed by atoms with van der Waals surface area (Å²) in [5.41, 5.74) is 0. The first kappa shape index (κ1) is 14.8. The number of benzene rings is 1. The number of carbonyl (C=O) groups excluding carboxylic acids is 1. The molecule has 0 aliphatic carbocycles. The van der Waals surface area contributed by atoms with Crippen LogP contribution in [-0.2, 0) is 14.3 Å². The Balaban J connectivity index is 1.63. The van der Waals surface area contributed by atoms with Gasteiger partial charge in [0.25, 0.3) is 5.91 Å². The fraction of sp³-hybridized carbons (Fsp3) is 0.533. The number of rotatable bonds is 6. The van der Waals surface area contributed by atoms with E-state index in [9.17, 15) is 4.79 Å². The van der Waals surface area contributed by atoms with Crippen LogP contribution in [0.2, 0.25) is 0 Å². The Morgan fingerprint density at radius 2 is 2.00 bits per heavy atom. The van der Waals surface area contributed by atoms with Crippen LogP contribution in [0.4, 0.5) is 0 Å². The maximum Gasteiger partial charge on any atom is 0.257 e. The Labute approximate surface area is 119 Å². The Morgan fingerprint density at radius 3 is 2.70 bits per heavy atom. The molecule has 0 unspecified atom stereocenters. The van der Waals surface area contributed by atoms with Crippen molar-refractivity contribution in [3.05, 3.63) is 30.3 Å². The largest absolute Gasteiger partial charge is 0.484 e. The van der Waals surface area contributed by atoms with Gasteiger partial charge in [-0.05, 0) is 25.5 Å². The molecule has 0 radical (unpaired) electrons. The number of carbonyl (C=O) groups is 1. The molecule has 110 valence electrons. The average molecular weight is 279 g/mol. The monoisotopic (exact) mass is 279 g/mol. The van der Waals surface area contributed by atoms with Crippen molar-refractivity contribution in [3.8, 4) is 5.75 Å². The van der Waals surface area contributed by atoms with E-state index >= 15 is 0 Å². The number of amides is 1. The maximum atomic E-state index is 11.6. The summed E-state index contributed by atoms with van der Waals surface area (Å²) in [6.45, 7) is 3.85. The van der Waals surface area contributed by atoms with Gasteiger partial charge in [-0.2, -0.15) is 0 Å². The fourth-order valence-corrected chi connectivity index (χ4v) is 1.97. The van der Waals surface area contributed by atoms with E-state index < -0.39 is 5.79 Å². The quantitative estimate of drug-likeness (QED) is 0.861. The molecule has 1 N–H and O–H groups in total. The molecule has 1 saturated heterocycles. The van der Waals surface area contributed by atoms with Gasteiger partial charge in [0.2, 0.25) is 0 Å². The molecule has 5 heteroatoms. The molecule has 0 spiro atoms. The Hall–Kier alpha value is -1.59. The number of ether oxygens (including phenoxy) is 3. The van der Waals surface area contributed by atoms with E-state index in [2.05, 4.69) is 5.32 Å². The van der Waals surface area contributed by atoms with Crippen molar-refractivity contribution < 1.29 is 19.0 Å². The van der Waals surface area contributed by atoms with Crippen LogP contribution in [0.5, 0.6) is 5.75 Å². The van der Waals surface area contributed by atoms with Crippen LogP contribution in [0.25, 0.3) is 0 Å². The van der Waals surface area contributed by atoms with Crippen LogP contribution in [0.3, 0.4) is 0 Å². The smallest absolute Gasteiger partial charge is 0.257 e. The molecular weight excluding hydrogens is 258 g/mol. The molecule has 0 aromatic heterocycles. The molecule has 1 aliphatic rings. The normalized spacial score (nSPS) is 17.4. The van der Waals surface area contributed by atoms with E-state index in [1.165, 1.54) is 0 Å². The molecule has 0 saturated carbocycles. The highest BCUT2D eigenvalue weighted by atomic mass is 16.7. The van der Waals surface area contributed by atoms with Crippen molar-refractivity contribution in [2.75, 3.05) is 26.4 Å². The first-order valence-corrected chi connectivity index (χ1v) is 6.90. The highest BCUT2D eigenvalue weighted by molar-refractivity contribution is 5.77. The van der Waals surface area contributed by atoms with Gasteiger partial charge in [0.15, 0.2) is 12.4 Å². The summed E-state index contributed by atoms with van der Waals surface area (Å²) in [7, 11) is 0. The highest BCUT2D eigenvalue weighted by Gasteiger charge is 2.28. The molecule has 20 heavy (non-hydrogen) atoms. The molecular formula is C15H21NO4. The summed E-state index contributed by atoms with van der Waals surface area (Å²) in [6, 6.07) is 9.27. The summed E-state index contributed by atoms with van der Waals surface area (Å²) < 4.78 is 16.5. The predicted octanol–water partition coefficient (Wildman–Crippen LogP) is 1.72. The Kier molecular flexibility index (Phi) is 5.38. The van der Waals surface area contributed by atoms with Gasteiger partial charge in [0.1, 0.15) is 5.75 Å². The lowest BCUT2D eigenvalue weighted by molar-refractivity contribution is -0.257.